The van der Waals surface area contributed by atoms with Crippen molar-refractivity contribution < 1.29 is 23.9 Å². The van der Waals surface area contributed by atoms with Crippen molar-refractivity contribution in [2.45, 2.75) is 36.6 Å². The highest BCUT2D eigenvalue weighted by molar-refractivity contribution is 8.15. The van der Waals surface area contributed by atoms with Crippen LogP contribution in [0.4, 0.5) is 17.1 Å². The van der Waals surface area contributed by atoms with Crippen LogP contribution < -0.4 is 10.2 Å². The van der Waals surface area contributed by atoms with Gasteiger partial charge in [-0.25, -0.2) is 4.99 Å². The first-order chi connectivity index (χ1) is 27.4. The van der Waals surface area contributed by atoms with Gasteiger partial charge in [0.05, 0.1) is 37.1 Å². The number of hydrogen-bond acceptors (Lipinski definition) is 9. The third-order valence-corrected chi connectivity index (χ3v) is 11.4. The number of likely N-dealkylation sites (tertiary alicyclic amines) is 1. The molecule has 0 spiro atoms. The lowest BCUT2D eigenvalue weighted by Crippen LogP contribution is -2.47. The fourth-order valence-corrected chi connectivity index (χ4v) is 8.48. The lowest BCUT2D eigenvalue weighted by atomic mass is 9.89. The van der Waals surface area contributed by atoms with E-state index in [0.717, 1.165) is 51.7 Å². The van der Waals surface area contributed by atoms with Crippen LogP contribution in [-0.4, -0.2) is 75.9 Å². The lowest BCUT2D eigenvalue weighted by Gasteiger charge is -2.28. The van der Waals surface area contributed by atoms with E-state index in [1.54, 1.807) is 23.2 Å². The van der Waals surface area contributed by atoms with Gasteiger partial charge < -0.3 is 15.0 Å². The summed E-state index contributed by atoms with van der Waals surface area (Å²) in [7, 11) is 0. The molecule has 12 heteroatoms. The summed E-state index contributed by atoms with van der Waals surface area (Å²) in [4.78, 5) is 69.6. The van der Waals surface area contributed by atoms with Crippen LogP contribution in [0.2, 0.25) is 0 Å². The number of carbonyl (C=O) groups is 4. The minimum atomic E-state index is -0.960. The number of rotatable bonds is 10. The Bertz CT molecular complexity index is 2180. The smallest absolute Gasteiger partial charge is 0.247 e. The SMILES string of the molecule is O=C(Nc1ccc(C2SC(=Nc3ccc(N4CCOCC4)cc3)N(Cc3ccccn3)C2=O)cc1)[C@@H]1CCC(=O)N1C(=O)C(c1ccccc1)c1ccccc1. The maximum Gasteiger partial charge on any atom is 0.247 e. The van der Waals surface area contributed by atoms with Gasteiger partial charge in [-0.05, 0) is 71.6 Å². The molecule has 3 saturated heterocycles. The Kier molecular flexibility index (Phi) is 11.0. The Labute approximate surface area is 329 Å². The second kappa shape index (κ2) is 16.7. The molecule has 4 heterocycles. The molecule has 4 amide bonds. The minimum absolute atomic E-state index is 0.0942. The molecule has 5 aromatic rings. The van der Waals surface area contributed by atoms with Crippen molar-refractivity contribution in [2.75, 3.05) is 36.5 Å². The summed E-state index contributed by atoms with van der Waals surface area (Å²) < 4.78 is 5.49. The lowest BCUT2D eigenvalue weighted by molar-refractivity contribution is -0.147. The average molecular weight is 765 g/mol. The maximum atomic E-state index is 14.2. The van der Waals surface area contributed by atoms with E-state index >= 15 is 0 Å². The fraction of sp³-hybridized carbons (Fsp3) is 0.227. The summed E-state index contributed by atoms with van der Waals surface area (Å²) in [5.41, 5.74) is 5.30. The number of nitrogens with zero attached hydrogens (tertiary/aromatic N) is 5. The number of nitrogens with one attached hydrogen (secondary N) is 1. The molecular formula is C44H40N6O5S. The molecule has 0 radical (unpaired) electrons. The number of pyridine rings is 1. The number of amides is 4. The van der Waals surface area contributed by atoms with Crippen LogP contribution in [0.5, 0.6) is 0 Å². The standard InChI is InChI=1S/C44H40N6O5S/c51-38-23-22-37(50(38)42(53)39(30-9-3-1-4-10-30)31-11-5-2-6-12-31)41(52)46-33-16-14-32(15-17-33)40-43(54)49(29-35-13-7-8-24-45-35)44(56-40)47-34-18-20-36(21-19-34)48-25-27-55-28-26-48/h1-21,24,37,39-40H,22-23,25-29H2,(H,46,52)/t37-,40?/m0/s1. The first kappa shape index (κ1) is 36.8. The first-order valence-electron chi connectivity index (χ1n) is 18.7. The number of imide groups is 1. The molecule has 0 aliphatic carbocycles. The molecule has 282 valence electrons. The van der Waals surface area contributed by atoms with E-state index in [9.17, 15) is 19.2 Å². The molecular weight excluding hydrogens is 725 g/mol. The highest BCUT2D eigenvalue weighted by Crippen LogP contribution is 2.42. The number of hydrogen-bond donors (Lipinski definition) is 1. The van der Waals surface area contributed by atoms with Gasteiger partial charge in [-0.1, -0.05) is 90.6 Å². The van der Waals surface area contributed by atoms with Crippen molar-refractivity contribution in [1.29, 1.82) is 0 Å². The third-order valence-electron chi connectivity index (χ3n) is 10.2. The largest absolute Gasteiger partial charge is 0.378 e. The Balaban J connectivity index is 0.988. The monoisotopic (exact) mass is 764 g/mol. The Morgan fingerprint density at radius 2 is 1.48 bits per heavy atom. The summed E-state index contributed by atoms with van der Waals surface area (Å²) in [5.74, 6) is -2.11. The number of thioether (sulfide) groups is 1. The Morgan fingerprint density at radius 3 is 2.12 bits per heavy atom. The van der Waals surface area contributed by atoms with Crippen molar-refractivity contribution >= 4 is 57.6 Å². The van der Waals surface area contributed by atoms with Crippen LogP contribution in [0.15, 0.2) is 139 Å². The molecule has 1 aromatic heterocycles. The van der Waals surface area contributed by atoms with Crippen LogP contribution in [-0.2, 0) is 30.5 Å². The third kappa shape index (κ3) is 7.98. The van der Waals surface area contributed by atoms with E-state index < -0.39 is 29.0 Å². The van der Waals surface area contributed by atoms with Crippen LogP contribution in [0, 0.1) is 0 Å². The van der Waals surface area contributed by atoms with Crippen molar-refractivity contribution in [3.63, 3.8) is 0 Å². The second-order valence-electron chi connectivity index (χ2n) is 13.8. The normalized spacial score (nSPS) is 19.2. The molecule has 3 fully saturated rings. The summed E-state index contributed by atoms with van der Waals surface area (Å²) >= 11 is 1.37. The molecule has 4 aromatic carbocycles. The molecule has 11 nitrogen and oxygen atoms in total. The summed E-state index contributed by atoms with van der Waals surface area (Å²) in [6, 6.07) is 38.4. The van der Waals surface area contributed by atoms with Gasteiger partial charge in [0.15, 0.2) is 5.17 Å². The number of anilines is 2. The summed E-state index contributed by atoms with van der Waals surface area (Å²) in [6.07, 6.45) is 2.02. The highest BCUT2D eigenvalue weighted by atomic mass is 32.2. The zero-order chi connectivity index (χ0) is 38.4. The number of aliphatic imine (C=N–C) groups is 1. The number of ether oxygens (including phenoxy) is 1. The highest BCUT2D eigenvalue weighted by Gasteiger charge is 2.44. The molecule has 2 atom stereocenters. The van der Waals surface area contributed by atoms with E-state index in [1.807, 2.05) is 115 Å². The molecule has 0 saturated carbocycles. The molecule has 8 rings (SSSR count). The summed E-state index contributed by atoms with van der Waals surface area (Å²) in [5, 5.41) is 2.92. The quantitative estimate of drug-likeness (QED) is 0.167. The number of morpholine rings is 1. The van der Waals surface area contributed by atoms with Crippen molar-refractivity contribution in [3.05, 3.63) is 156 Å². The van der Waals surface area contributed by atoms with E-state index in [2.05, 4.69) is 15.2 Å². The predicted octanol–water partition coefficient (Wildman–Crippen LogP) is 6.71. The average Bonchev–Trinajstić information content (AvgIpc) is 3.78. The fourth-order valence-electron chi connectivity index (χ4n) is 7.30. The van der Waals surface area contributed by atoms with Crippen LogP contribution in [0.1, 0.15) is 46.4 Å². The van der Waals surface area contributed by atoms with Crippen LogP contribution >= 0.6 is 11.8 Å². The number of carbonyl (C=O) groups excluding carboxylic acids is 4. The molecule has 0 bridgehead atoms. The zero-order valence-corrected chi connectivity index (χ0v) is 31.4. The van der Waals surface area contributed by atoms with Gasteiger partial charge in [0.2, 0.25) is 23.6 Å². The second-order valence-corrected chi connectivity index (χ2v) is 14.8. The first-order valence-corrected chi connectivity index (χ1v) is 19.6. The van der Waals surface area contributed by atoms with Gasteiger partial charge in [-0.15, -0.1) is 0 Å². The zero-order valence-electron chi connectivity index (χ0n) is 30.6. The Morgan fingerprint density at radius 1 is 0.821 bits per heavy atom. The van der Waals surface area contributed by atoms with E-state index in [1.165, 1.54) is 11.8 Å². The topological polar surface area (TPSA) is 125 Å². The molecule has 56 heavy (non-hydrogen) atoms. The molecule has 3 aliphatic heterocycles. The van der Waals surface area contributed by atoms with Gasteiger partial charge in [0, 0.05) is 37.1 Å². The molecule has 1 unspecified atom stereocenters. The van der Waals surface area contributed by atoms with E-state index in [4.69, 9.17) is 9.73 Å². The van der Waals surface area contributed by atoms with Gasteiger partial charge >= 0.3 is 0 Å². The summed E-state index contributed by atoms with van der Waals surface area (Å²) in [6.45, 7) is 3.34. The number of benzene rings is 4. The van der Waals surface area contributed by atoms with Gasteiger partial charge in [0.25, 0.3) is 0 Å². The van der Waals surface area contributed by atoms with Crippen LogP contribution in [0.25, 0.3) is 0 Å². The van der Waals surface area contributed by atoms with E-state index in [-0.39, 0.29) is 31.2 Å². The van der Waals surface area contributed by atoms with Crippen molar-refractivity contribution in [2.24, 2.45) is 4.99 Å². The van der Waals surface area contributed by atoms with Gasteiger partial charge in [0.1, 0.15) is 11.3 Å². The van der Waals surface area contributed by atoms with Crippen molar-refractivity contribution in [3.8, 4) is 0 Å². The minimum Gasteiger partial charge on any atom is -0.378 e. The van der Waals surface area contributed by atoms with E-state index in [0.29, 0.717) is 24.1 Å². The molecule has 1 N–H and O–H groups in total. The number of aromatic nitrogens is 1. The maximum absolute atomic E-state index is 14.2. The van der Waals surface area contributed by atoms with Crippen molar-refractivity contribution in [1.82, 2.24) is 14.8 Å². The van der Waals surface area contributed by atoms with Gasteiger partial charge in [-0.2, -0.15) is 0 Å². The number of amidine groups is 1. The van der Waals surface area contributed by atoms with Gasteiger partial charge in [-0.3, -0.25) is 34.0 Å². The van der Waals surface area contributed by atoms with Crippen LogP contribution in [0.3, 0.4) is 0 Å². The molecule has 3 aliphatic rings. The Hall–Kier alpha value is -6.11. The predicted molar refractivity (Wildman–Crippen MR) is 216 cm³/mol.